The summed E-state index contributed by atoms with van der Waals surface area (Å²) in [6, 6.07) is 22.2. The van der Waals surface area contributed by atoms with Crippen LogP contribution in [-0.4, -0.2) is 54.0 Å². The zero-order chi connectivity index (χ0) is 28.9. The van der Waals surface area contributed by atoms with E-state index in [9.17, 15) is 22.8 Å². The second-order valence-corrected chi connectivity index (χ2v) is 11.9. The first-order valence-electron chi connectivity index (χ1n) is 13.5. The molecule has 1 aliphatic rings. The molecule has 0 aromatic heterocycles. The largest absolute Gasteiger partial charge is 0.352 e. The number of aryl methyl sites for hydroxylation is 1. The van der Waals surface area contributed by atoms with Gasteiger partial charge in [0.15, 0.2) is 0 Å². The molecule has 0 unspecified atom stereocenters. The lowest BCUT2D eigenvalue weighted by molar-refractivity contribution is -0.141. The third kappa shape index (κ3) is 6.25. The van der Waals surface area contributed by atoms with Crippen molar-refractivity contribution >= 4 is 27.7 Å². The van der Waals surface area contributed by atoms with Crippen LogP contribution in [0.4, 0.5) is 0 Å². The number of hydrogen-bond acceptors (Lipinski definition) is 5. The second-order valence-electron chi connectivity index (χ2n) is 10.1. The van der Waals surface area contributed by atoms with Crippen LogP contribution in [-0.2, 0) is 32.6 Å². The molecule has 4 rings (SSSR count). The van der Waals surface area contributed by atoms with Crippen LogP contribution in [0, 0.1) is 6.92 Å². The van der Waals surface area contributed by atoms with E-state index < -0.39 is 27.9 Å². The number of amides is 3. The number of rotatable bonds is 11. The monoisotopic (exact) mass is 561 g/mol. The maximum absolute atomic E-state index is 13.9. The van der Waals surface area contributed by atoms with Gasteiger partial charge in [0.2, 0.25) is 11.8 Å². The standard InChI is InChI=1S/C31H35N3O5S/c1-4-23(3)32-30(36)27(20-24-13-6-5-7-14-24)33(21-25-15-9-8-12-22(25)2)29(35)18-19-34-31(37)26-16-10-11-17-28(26)40(34,38)39/h5-17,23,27H,4,18-21H2,1-3H3,(H,32,36)/t23-,27-/m1/s1. The molecule has 3 amide bonds. The van der Waals surface area contributed by atoms with Crippen molar-refractivity contribution in [1.82, 2.24) is 14.5 Å². The molecule has 40 heavy (non-hydrogen) atoms. The molecule has 9 heteroatoms. The molecular formula is C31H35N3O5S. The van der Waals surface area contributed by atoms with Crippen LogP contribution < -0.4 is 5.32 Å². The molecule has 0 bridgehead atoms. The molecule has 3 aromatic rings. The Bertz CT molecular complexity index is 1490. The Morgan fingerprint density at radius 3 is 2.27 bits per heavy atom. The molecule has 210 valence electrons. The molecule has 8 nitrogen and oxygen atoms in total. The first kappa shape index (κ1) is 29.0. The Balaban J connectivity index is 1.65. The van der Waals surface area contributed by atoms with Gasteiger partial charge in [0.25, 0.3) is 15.9 Å². The number of carbonyl (C=O) groups excluding carboxylic acids is 3. The third-order valence-corrected chi connectivity index (χ3v) is 9.16. The third-order valence-electron chi connectivity index (χ3n) is 7.31. The zero-order valence-electron chi connectivity index (χ0n) is 23.0. The molecule has 1 aliphatic heterocycles. The molecule has 1 heterocycles. The maximum atomic E-state index is 13.9. The fourth-order valence-electron chi connectivity index (χ4n) is 4.76. The predicted molar refractivity (Wildman–Crippen MR) is 153 cm³/mol. The summed E-state index contributed by atoms with van der Waals surface area (Å²) in [4.78, 5) is 41.9. The van der Waals surface area contributed by atoms with Gasteiger partial charge in [-0.2, -0.15) is 0 Å². The molecule has 0 radical (unpaired) electrons. The molecular weight excluding hydrogens is 526 g/mol. The maximum Gasteiger partial charge on any atom is 0.269 e. The van der Waals surface area contributed by atoms with Crippen molar-refractivity contribution < 1.29 is 22.8 Å². The molecule has 2 atom stereocenters. The number of nitrogens with zero attached hydrogens (tertiary/aromatic N) is 2. The Labute approximate surface area is 236 Å². The summed E-state index contributed by atoms with van der Waals surface area (Å²) in [6.45, 7) is 5.67. The van der Waals surface area contributed by atoms with Gasteiger partial charge in [0, 0.05) is 32.0 Å². The topological polar surface area (TPSA) is 104 Å². The van der Waals surface area contributed by atoms with Crippen molar-refractivity contribution in [2.45, 2.75) is 63.6 Å². The summed E-state index contributed by atoms with van der Waals surface area (Å²) in [5.41, 5.74) is 2.83. The van der Waals surface area contributed by atoms with E-state index in [2.05, 4.69) is 5.32 Å². The van der Waals surface area contributed by atoms with Gasteiger partial charge in [-0.05, 0) is 49.1 Å². The van der Waals surface area contributed by atoms with Crippen molar-refractivity contribution in [1.29, 1.82) is 0 Å². The van der Waals surface area contributed by atoms with E-state index in [4.69, 9.17) is 0 Å². The molecule has 1 N–H and O–H groups in total. The minimum absolute atomic E-state index is 0.0564. The normalized spacial score (nSPS) is 15.3. The highest BCUT2D eigenvalue weighted by Crippen LogP contribution is 2.30. The van der Waals surface area contributed by atoms with Crippen LogP contribution in [0.2, 0.25) is 0 Å². The highest BCUT2D eigenvalue weighted by molar-refractivity contribution is 7.90. The fourth-order valence-corrected chi connectivity index (χ4v) is 6.33. The summed E-state index contributed by atoms with van der Waals surface area (Å²) in [7, 11) is -4.05. The Kier molecular flexibility index (Phi) is 9.04. The molecule has 0 aliphatic carbocycles. The van der Waals surface area contributed by atoms with E-state index in [0.717, 1.165) is 27.4 Å². The fraction of sp³-hybridized carbons (Fsp3) is 0.323. The Hall–Kier alpha value is -3.98. The van der Waals surface area contributed by atoms with Crippen LogP contribution >= 0.6 is 0 Å². The molecule has 3 aromatic carbocycles. The van der Waals surface area contributed by atoms with E-state index in [1.807, 2.05) is 75.4 Å². The van der Waals surface area contributed by atoms with Crippen molar-refractivity contribution in [3.8, 4) is 0 Å². The van der Waals surface area contributed by atoms with Gasteiger partial charge in [-0.15, -0.1) is 0 Å². The van der Waals surface area contributed by atoms with Gasteiger partial charge in [-0.25, -0.2) is 12.7 Å². The van der Waals surface area contributed by atoms with E-state index in [0.29, 0.717) is 0 Å². The molecule has 0 spiro atoms. The van der Waals surface area contributed by atoms with Crippen molar-refractivity contribution in [2.24, 2.45) is 0 Å². The van der Waals surface area contributed by atoms with Gasteiger partial charge in [-0.1, -0.05) is 73.7 Å². The van der Waals surface area contributed by atoms with E-state index >= 15 is 0 Å². The van der Waals surface area contributed by atoms with Crippen molar-refractivity contribution in [3.05, 3.63) is 101 Å². The van der Waals surface area contributed by atoms with E-state index in [1.165, 1.54) is 17.0 Å². The average Bonchev–Trinajstić information content (AvgIpc) is 3.15. The van der Waals surface area contributed by atoms with Crippen LogP contribution in [0.15, 0.2) is 83.8 Å². The average molecular weight is 562 g/mol. The highest BCUT2D eigenvalue weighted by atomic mass is 32.2. The van der Waals surface area contributed by atoms with Crippen LogP contribution in [0.3, 0.4) is 0 Å². The van der Waals surface area contributed by atoms with Crippen LogP contribution in [0.5, 0.6) is 0 Å². The Morgan fingerprint density at radius 2 is 1.60 bits per heavy atom. The minimum atomic E-state index is -4.05. The van der Waals surface area contributed by atoms with Gasteiger partial charge in [-0.3, -0.25) is 14.4 Å². The quantitative estimate of drug-likeness (QED) is 0.380. The SMILES string of the molecule is CC[C@@H](C)NC(=O)[C@@H](Cc1ccccc1)N(Cc1ccccc1C)C(=O)CCN1C(=O)c2ccccc2S1(=O)=O. The lowest BCUT2D eigenvalue weighted by atomic mass is 10.0. The number of nitrogens with one attached hydrogen (secondary N) is 1. The van der Waals surface area contributed by atoms with Crippen LogP contribution in [0.1, 0.15) is 53.7 Å². The number of fused-ring (bicyclic) bond motifs is 1. The minimum Gasteiger partial charge on any atom is -0.352 e. The summed E-state index contributed by atoms with van der Waals surface area (Å²) in [5.74, 6) is -1.34. The zero-order valence-corrected chi connectivity index (χ0v) is 23.9. The number of hydrogen-bond donors (Lipinski definition) is 1. The van der Waals surface area contributed by atoms with E-state index in [-0.39, 0.29) is 48.3 Å². The molecule has 0 fully saturated rings. The number of benzene rings is 3. The molecule has 0 saturated carbocycles. The van der Waals surface area contributed by atoms with Gasteiger partial charge >= 0.3 is 0 Å². The first-order valence-corrected chi connectivity index (χ1v) is 14.9. The highest BCUT2D eigenvalue weighted by Gasteiger charge is 2.41. The summed E-state index contributed by atoms with van der Waals surface area (Å²) in [5, 5.41) is 3.02. The van der Waals surface area contributed by atoms with Gasteiger partial charge in [0.1, 0.15) is 10.9 Å². The lowest BCUT2D eigenvalue weighted by Gasteiger charge is -2.33. The summed E-state index contributed by atoms with van der Waals surface area (Å²) < 4.78 is 26.9. The van der Waals surface area contributed by atoms with Crippen LogP contribution in [0.25, 0.3) is 0 Å². The Morgan fingerprint density at radius 1 is 0.950 bits per heavy atom. The first-order chi connectivity index (χ1) is 19.1. The lowest BCUT2D eigenvalue weighted by Crippen LogP contribution is -2.52. The number of carbonyl (C=O) groups is 3. The van der Waals surface area contributed by atoms with Gasteiger partial charge in [0.05, 0.1) is 5.56 Å². The van der Waals surface area contributed by atoms with Crippen molar-refractivity contribution in [3.63, 3.8) is 0 Å². The summed E-state index contributed by atoms with van der Waals surface area (Å²) >= 11 is 0. The van der Waals surface area contributed by atoms with Gasteiger partial charge < -0.3 is 10.2 Å². The van der Waals surface area contributed by atoms with E-state index in [1.54, 1.807) is 12.1 Å². The second kappa shape index (κ2) is 12.5. The van der Waals surface area contributed by atoms with Crippen molar-refractivity contribution in [2.75, 3.05) is 6.54 Å². The number of sulfonamides is 1. The molecule has 0 saturated heterocycles. The smallest absolute Gasteiger partial charge is 0.269 e. The summed E-state index contributed by atoms with van der Waals surface area (Å²) in [6.07, 6.45) is 0.755. The predicted octanol–water partition coefficient (Wildman–Crippen LogP) is 4.08.